The maximum atomic E-state index is 13.8. The van der Waals surface area contributed by atoms with Crippen LogP contribution in [-0.2, 0) is 17.3 Å². The van der Waals surface area contributed by atoms with Crippen molar-refractivity contribution >= 4 is 28.9 Å². The van der Waals surface area contributed by atoms with Crippen LogP contribution in [0.25, 0.3) is 0 Å². The van der Waals surface area contributed by atoms with E-state index < -0.39 is 34.8 Å². The summed E-state index contributed by atoms with van der Waals surface area (Å²) in [5.41, 5.74) is -0.765. The number of hydrogen-bond donors (Lipinski definition) is 0. The Balaban J connectivity index is 1.73. The van der Waals surface area contributed by atoms with E-state index in [9.17, 15) is 22.8 Å². The van der Waals surface area contributed by atoms with Crippen molar-refractivity contribution in [2.24, 2.45) is 0 Å². The summed E-state index contributed by atoms with van der Waals surface area (Å²) in [5, 5.41) is -0.392. The summed E-state index contributed by atoms with van der Waals surface area (Å²) >= 11 is 6.09. The first-order valence-electron chi connectivity index (χ1n) is 9.23. The van der Waals surface area contributed by atoms with Gasteiger partial charge in [0.2, 0.25) is 5.78 Å². The molecule has 0 atom stereocenters. The van der Waals surface area contributed by atoms with Gasteiger partial charge >= 0.3 is 6.18 Å². The molecule has 1 aromatic heterocycles. The largest absolute Gasteiger partial charge is 0.416 e. The highest BCUT2D eigenvalue weighted by Gasteiger charge is 2.37. The SMILES string of the molecule is O=C1C(Cc2ccc(N3CCOCC3)cc2C(F)(F)F)=C(Cl)C(=O)c2ncccc21. The Labute approximate surface area is 175 Å². The van der Waals surface area contributed by atoms with Gasteiger partial charge in [0.05, 0.1) is 29.4 Å². The first kappa shape index (κ1) is 20.6. The normalized spacial score (nSPS) is 17.4. The Bertz CT molecular complexity index is 1060. The van der Waals surface area contributed by atoms with Gasteiger partial charge in [-0.05, 0) is 29.8 Å². The molecule has 0 amide bonds. The van der Waals surface area contributed by atoms with E-state index in [4.69, 9.17) is 16.3 Å². The number of rotatable bonds is 3. The van der Waals surface area contributed by atoms with E-state index in [0.717, 1.165) is 6.07 Å². The zero-order chi connectivity index (χ0) is 21.5. The molecule has 0 spiro atoms. The number of Topliss-reactive ketones (excluding diaryl/α,β-unsaturated/α-hetero) is 2. The third-order valence-corrected chi connectivity index (χ3v) is 5.55. The predicted molar refractivity (Wildman–Crippen MR) is 104 cm³/mol. The maximum Gasteiger partial charge on any atom is 0.416 e. The minimum Gasteiger partial charge on any atom is -0.378 e. The van der Waals surface area contributed by atoms with Crippen LogP contribution in [0.2, 0.25) is 0 Å². The molecule has 1 saturated heterocycles. The number of carbonyl (C=O) groups excluding carboxylic acids is 2. The number of allylic oxidation sites excluding steroid dienone is 2. The van der Waals surface area contributed by atoms with Crippen molar-refractivity contribution in [3.05, 3.63) is 69.5 Å². The molecule has 1 aromatic carbocycles. The van der Waals surface area contributed by atoms with E-state index in [1.807, 2.05) is 4.90 Å². The van der Waals surface area contributed by atoms with Crippen molar-refractivity contribution in [3.8, 4) is 0 Å². The van der Waals surface area contributed by atoms with Crippen molar-refractivity contribution < 1.29 is 27.5 Å². The monoisotopic (exact) mass is 436 g/mol. The average Bonchev–Trinajstić information content (AvgIpc) is 2.75. The lowest BCUT2D eigenvalue weighted by Gasteiger charge is -2.30. The molecular weight excluding hydrogens is 421 g/mol. The van der Waals surface area contributed by atoms with Crippen LogP contribution < -0.4 is 4.90 Å². The molecule has 156 valence electrons. The standard InChI is InChI=1S/C21H16ClF3N2O3/c22-17-15(19(28)14-2-1-5-26-18(14)20(17)29)10-12-3-4-13(11-16(12)21(23,24)25)27-6-8-30-9-7-27/h1-5,11H,6-10H2. The van der Waals surface area contributed by atoms with Gasteiger partial charge in [-0.3, -0.25) is 14.6 Å². The second-order valence-corrected chi connectivity index (χ2v) is 7.34. The van der Waals surface area contributed by atoms with Gasteiger partial charge in [-0.25, -0.2) is 0 Å². The second kappa shape index (κ2) is 7.85. The molecule has 0 N–H and O–H groups in total. The number of halogens is 4. The molecule has 2 heterocycles. The topological polar surface area (TPSA) is 59.5 Å². The molecule has 30 heavy (non-hydrogen) atoms. The van der Waals surface area contributed by atoms with Gasteiger partial charge in [0.1, 0.15) is 5.69 Å². The van der Waals surface area contributed by atoms with Crippen molar-refractivity contribution in [2.45, 2.75) is 12.6 Å². The summed E-state index contributed by atoms with van der Waals surface area (Å²) in [6.07, 6.45) is -3.69. The third-order valence-electron chi connectivity index (χ3n) is 5.15. The number of ketones is 2. The molecule has 0 bridgehead atoms. The van der Waals surface area contributed by atoms with Crippen LogP contribution >= 0.6 is 11.6 Å². The van der Waals surface area contributed by atoms with Gasteiger partial charge in [0.25, 0.3) is 0 Å². The number of aromatic nitrogens is 1. The Morgan fingerprint density at radius 1 is 1.10 bits per heavy atom. The van der Waals surface area contributed by atoms with Gasteiger partial charge in [-0.15, -0.1) is 0 Å². The summed E-state index contributed by atoms with van der Waals surface area (Å²) in [6, 6.07) is 6.88. The lowest BCUT2D eigenvalue weighted by molar-refractivity contribution is -0.138. The Kier molecular flexibility index (Phi) is 5.38. The van der Waals surface area contributed by atoms with Crippen LogP contribution in [0.3, 0.4) is 0 Å². The van der Waals surface area contributed by atoms with E-state index in [0.29, 0.717) is 32.0 Å². The molecule has 1 aliphatic heterocycles. The molecule has 2 aliphatic rings. The number of alkyl halides is 3. The number of ether oxygens (including phenoxy) is 1. The van der Waals surface area contributed by atoms with Crippen LogP contribution in [-0.4, -0.2) is 42.9 Å². The number of nitrogens with zero attached hydrogens (tertiary/aromatic N) is 2. The average molecular weight is 437 g/mol. The molecule has 1 fully saturated rings. The molecule has 0 saturated carbocycles. The second-order valence-electron chi connectivity index (χ2n) is 6.97. The van der Waals surface area contributed by atoms with Gasteiger partial charge in [0.15, 0.2) is 5.78 Å². The van der Waals surface area contributed by atoms with Gasteiger partial charge in [0, 0.05) is 37.0 Å². The predicted octanol–water partition coefficient (Wildman–Crippen LogP) is 4.05. The molecule has 0 unspecified atom stereocenters. The number of pyridine rings is 1. The van der Waals surface area contributed by atoms with Crippen LogP contribution in [0.15, 0.2) is 47.1 Å². The number of fused-ring (bicyclic) bond motifs is 1. The molecular formula is C21H16ClF3N2O3. The summed E-state index contributed by atoms with van der Waals surface area (Å²) in [7, 11) is 0. The van der Waals surface area contributed by atoms with Crippen LogP contribution in [0.1, 0.15) is 32.0 Å². The van der Waals surface area contributed by atoms with Gasteiger partial charge in [-0.2, -0.15) is 13.2 Å². The Hall–Kier alpha value is -2.71. The highest BCUT2D eigenvalue weighted by Crippen LogP contribution is 2.37. The number of carbonyl (C=O) groups is 2. The van der Waals surface area contributed by atoms with Crippen molar-refractivity contribution in [3.63, 3.8) is 0 Å². The number of hydrogen-bond acceptors (Lipinski definition) is 5. The number of morpholine rings is 1. The number of anilines is 1. The lowest BCUT2D eigenvalue weighted by Crippen LogP contribution is -2.36. The molecule has 0 radical (unpaired) electrons. The highest BCUT2D eigenvalue weighted by atomic mass is 35.5. The van der Waals surface area contributed by atoms with E-state index in [1.165, 1.54) is 24.4 Å². The molecule has 9 heteroatoms. The highest BCUT2D eigenvalue weighted by molar-refractivity contribution is 6.49. The van der Waals surface area contributed by atoms with Crippen molar-refractivity contribution in [1.82, 2.24) is 4.98 Å². The zero-order valence-electron chi connectivity index (χ0n) is 15.6. The smallest absolute Gasteiger partial charge is 0.378 e. The molecule has 4 rings (SSSR count). The summed E-state index contributed by atoms with van der Waals surface area (Å²) in [4.78, 5) is 31.0. The fourth-order valence-electron chi connectivity index (χ4n) is 3.62. The molecule has 5 nitrogen and oxygen atoms in total. The molecule has 2 aromatic rings. The summed E-state index contributed by atoms with van der Waals surface area (Å²) in [5.74, 6) is -1.26. The fraction of sp³-hybridized carbons (Fsp3) is 0.286. The van der Waals surface area contributed by atoms with Gasteiger partial charge in [-0.1, -0.05) is 17.7 Å². The number of benzene rings is 1. The lowest BCUT2D eigenvalue weighted by atomic mass is 9.88. The molecule has 1 aliphatic carbocycles. The minimum atomic E-state index is -4.63. The van der Waals surface area contributed by atoms with E-state index in [2.05, 4.69) is 4.98 Å². The third kappa shape index (κ3) is 3.73. The first-order chi connectivity index (χ1) is 14.3. The maximum absolute atomic E-state index is 13.8. The first-order valence-corrected chi connectivity index (χ1v) is 9.61. The Morgan fingerprint density at radius 3 is 2.53 bits per heavy atom. The Morgan fingerprint density at radius 2 is 1.83 bits per heavy atom. The van der Waals surface area contributed by atoms with Crippen LogP contribution in [0.4, 0.5) is 18.9 Å². The van der Waals surface area contributed by atoms with Crippen LogP contribution in [0, 0.1) is 0 Å². The summed E-state index contributed by atoms with van der Waals surface area (Å²) in [6.45, 7) is 1.86. The quantitative estimate of drug-likeness (QED) is 0.726. The van der Waals surface area contributed by atoms with Gasteiger partial charge < -0.3 is 9.64 Å². The van der Waals surface area contributed by atoms with Crippen LogP contribution in [0.5, 0.6) is 0 Å². The zero-order valence-corrected chi connectivity index (χ0v) is 16.4. The van der Waals surface area contributed by atoms with Crippen molar-refractivity contribution in [2.75, 3.05) is 31.2 Å². The fourth-order valence-corrected chi connectivity index (χ4v) is 3.86. The van der Waals surface area contributed by atoms with Crippen molar-refractivity contribution in [1.29, 1.82) is 0 Å². The minimum absolute atomic E-state index is 0.0420. The summed E-state index contributed by atoms with van der Waals surface area (Å²) < 4.78 is 46.7. The van der Waals surface area contributed by atoms with E-state index >= 15 is 0 Å². The van der Waals surface area contributed by atoms with E-state index in [-0.39, 0.29) is 22.4 Å². The van der Waals surface area contributed by atoms with E-state index in [1.54, 1.807) is 6.07 Å².